The molecule has 2 fully saturated rings. The number of aromatic nitrogens is 7. The van der Waals surface area contributed by atoms with E-state index in [9.17, 15) is 13.5 Å². The van der Waals surface area contributed by atoms with Crippen molar-refractivity contribution in [2.75, 3.05) is 11.9 Å². The molecule has 0 saturated heterocycles. The van der Waals surface area contributed by atoms with Crippen LogP contribution in [0.25, 0.3) is 22.3 Å². The Kier molecular flexibility index (Phi) is 5.95. The molecule has 0 radical (unpaired) electrons. The van der Waals surface area contributed by atoms with Crippen LogP contribution in [-0.4, -0.2) is 59.3 Å². The molecule has 2 aliphatic rings. The Bertz CT molecular complexity index is 1560. The third-order valence-electron chi connectivity index (χ3n) is 7.23. The first-order valence-electron chi connectivity index (χ1n) is 12.7. The SMILES string of the molecule is CC(C)n1nc(C2CC[C@@H](CO)C2)c2cnc(Nc3ccnc(-c4cnn(S(=O)(=O)C5CC5)c4)n3)cc21. The van der Waals surface area contributed by atoms with Gasteiger partial charge in [-0.1, -0.05) is 0 Å². The standard InChI is InChI=1S/C25H30N8O3S/c1-15(2)33-21-10-23(27-12-20(21)24(31-33)17-4-3-16(9-17)14-34)29-22-7-8-26-25(30-22)18-11-28-32(13-18)37(35,36)19-5-6-19/h7-8,10-13,15-17,19,34H,3-6,9,14H2,1-2H3,(H,26,27,29,30)/t16-,17?/m1/s1. The summed E-state index contributed by atoms with van der Waals surface area (Å²) < 4.78 is 28.0. The molecule has 1 unspecified atom stereocenters. The van der Waals surface area contributed by atoms with E-state index in [4.69, 9.17) is 5.10 Å². The quantitative estimate of drug-likeness (QED) is 0.355. The number of nitrogens with one attached hydrogen (secondary N) is 1. The molecule has 2 aliphatic carbocycles. The number of nitrogens with zero attached hydrogens (tertiary/aromatic N) is 7. The van der Waals surface area contributed by atoms with Gasteiger partial charge in [-0.3, -0.25) is 4.68 Å². The average molecular weight is 523 g/mol. The molecule has 4 aromatic rings. The highest BCUT2D eigenvalue weighted by molar-refractivity contribution is 7.90. The van der Waals surface area contributed by atoms with Gasteiger partial charge in [-0.15, -0.1) is 0 Å². The predicted octanol–water partition coefficient (Wildman–Crippen LogP) is 3.63. The molecule has 2 saturated carbocycles. The molecular formula is C25H30N8O3S. The van der Waals surface area contributed by atoms with Gasteiger partial charge >= 0.3 is 0 Å². The molecule has 4 aromatic heterocycles. The third-order valence-corrected chi connectivity index (χ3v) is 9.27. The summed E-state index contributed by atoms with van der Waals surface area (Å²) in [6, 6.07) is 3.89. The first-order valence-corrected chi connectivity index (χ1v) is 14.2. The van der Waals surface area contributed by atoms with Gasteiger partial charge in [0.25, 0.3) is 10.0 Å². The molecule has 11 nitrogen and oxygen atoms in total. The van der Waals surface area contributed by atoms with Crippen LogP contribution in [0.1, 0.15) is 63.6 Å². The summed E-state index contributed by atoms with van der Waals surface area (Å²) in [5, 5.41) is 22.5. The van der Waals surface area contributed by atoms with Crippen LogP contribution in [-0.2, 0) is 10.0 Å². The van der Waals surface area contributed by atoms with Crippen LogP contribution in [0.15, 0.2) is 36.9 Å². The van der Waals surface area contributed by atoms with Crippen LogP contribution in [0.5, 0.6) is 0 Å². The van der Waals surface area contributed by atoms with E-state index >= 15 is 0 Å². The normalized spacial score (nSPS) is 20.2. The van der Waals surface area contributed by atoms with Crippen molar-refractivity contribution in [3.05, 3.63) is 42.6 Å². The van der Waals surface area contributed by atoms with E-state index in [-0.39, 0.29) is 17.9 Å². The summed E-state index contributed by atoms with van der Waals surface area (Å²) in [6.45, 7) is 4.44. The van der Waals surface area contributed by atoms with E-state index in [0.717, 1.165) is 39.9 Å². The van der Waals surface area contributed by atoms with E-state index in [0.29, 0.717) is 47.7 Å². The lowest BCUT2D eigenvalue weighted by Gasteiger charge is -2.09. The van der Waals surface area contributed by atoms with Crippen molar-refractivity contribution in [1.29, 1.82) is 0 Å². The van der Waals surface area contributed by atoms with E-state index in [1.54, 1.807) is 12.3 Å². The van der Waals surface area contributed by atoms with E-state index in [1.165, 1.54) is 12.4 Å². The summed E-state index contributed by atoms with van der Waals surface area (Å²) in [5.41, 5.74) is 2.58. The smallest absolute Gasteiger partial charge is 0.256 e. The van der Waals surface area contributed by atoms with Crippen molar-refractivity contribution < 1.29 is 13.5 Å². The minimum atomic E-state index is -3.45. The number of fused-ring (bicyclic) bond motifs is 1. The maximum Gasteiger partial charge on any atom is 0.256 e. The number of anilines is 2. The fourth-order valence-corrected chi connectivity index (χ4v) is 6.56. The minimum Gasteiger partial charge on any atom is -0.396 e. The molecule has 37 heavy (non-hydrogen) atoms. The van der Waals surface area contributed by atoms with E-state index < -0.39 is 10.0 Å². The van der Waals surface area contributed by atoms with Gasteiger partial charge in [-0.05, 0) is 57.9 Å². The fraction of sp³-hybridized carbons (Fsp3) is 0.480. The van der Waals surface area contributed by atoms with Crippen LogP contribution < -0.4 is 5.32 Å². The molecule has 12 heteroatoms. The van der Waals surface area contributed by atoms with Gasteiger partial charge in [0.1, 0.15) is 11.6 Å². The Morgan fingerprint density at radius 2 is 1.97 bits per heavy atom. The predicted molar refractivity (Wildman–Crippen MR) is 139 cm³/mol. The molecule has 2 atom stereocenters. The number of rotatable bonds is 8. The van der Waals surface area contributed by atoms with Crippen molar-refractivity contribution in [1.82, 2.24) is 33.9 Å². The monoisotopic (exact) mass is 522 g/mol. The van der Waals surface area contributed by atoms with E-state index in [2.05, 4.69) is 39.2 Å². The molecule has 2 N–H and O–H groups in total. The van der Waals surface area contributed by atoms with Gasteiger partial charge in [0.05, 0.1) is 34.4 Å². The Hall–Kier alpha value is -3.38. The van der Waals surface area contributed by atoms with Crippen molar-refractivity contribution in [2.45, 2.75) is 63.2 Å². The summed E-state index contributed by atoms with van der Waals surface area (Å²) >= 11 is 0. The number of hydrogen-bond acceptors (Lipinski definition) is 9. The second-order valence-electron chi connectivity index (χ2n) is 10.3. The lowest BCUT2D eigenvalue weighted by molar-refractivity contribution is 0.228. The topological polar surface area (TPSA) is 141 Å². The Labute approximate surface area is 215 Å². The summed E-state index contributed by atoms with van der Waals surface area (Å²) in [4.78, 5) is 13.5. The Morgan fingerprint density at radius 1 is 1.14 bits per heavy atom. The van der Waals surface area contributed by atoms with Crippen molar-refractivity contribution in [3.8, 4) is 11.4 Å². The average Bonchev–Trinajstić information content (AvgIpc) is 3.29. The van der Waals surface area contributed by atoms with Crippen LogP contribution in [0.4, 0.5) is 11.6 Å². The fourth-order valence-electron chi connectivity index (χ4n) is 5.08. The van der Waals surface area contributed by atoms with Crippen LogP contribution in [0.3, 0.4) is 0 Å². The summed E-state index contributed by atoms with van der Waals surface area (Å²) in [7, 11) is -3.45. The van der Waals surface area contributed by atoms with Crippen molar-refractivity contribution >= 4 is 32.6 Å². The molecular weight excluding hydrogens is 492 g/mol. The molecule has 6 rings (SSSR count). The van der Waals surface area contributed by atoms with E-state index in [1.807, 2.05) is 16.9 Å². The molecule has 194 valence electrons. The van der Waals surface area contributed by atoms with Gasteiger partial charge in [0, 0.05) is 42.4 Å². The highest BCUT2D eigenvalue weighted by Crippen LogP contribution is 2.41. The zero-order chi connectivity index (χ0) is 25.7. The maximum atomic E-state index is 12.5. The lowest BCUT2D eigenvalue weighted by Crippen LogP contribution is -2.17. The maximum absolute atomic E-state index is 12.5. The van der Waals surface area contributed by atoms with Gasteiger partial charge in [0.15, 0.2) is 5.82 Å². The van der Waals surface area contributed by atoms with Gasteiger partial charge in [0.2, 0.25) is 0 Å². The van der Waals surface area contributed by atoms with Crippen LogP contribution in [0.2, 0.25) is 0 Å². The van der Waals surface area contributed by atoms with Gasteiger partial charge in [-0.25, -0.2) is 23.4 Å². The van der Waals surface area contributed by atoms with Crippen LogP contribution >= 0.6 is 0 Å². The molecule has 0 aromatic carbocycles. The molecule has 4 heterocycles. The number of aliphatic hydroxyl groups is 1. The zero-order valence-electron chi connectivity index (χ0n) is 20.8. The number of pyridine rings is 1. The third kappa shape index (κ3) is 4.48. The number of aliphatic hydroxyl groups excluding tert-OH is 1. The number of hydrogen-bond donors (Lipinski definition) is 2. The highest BCUT2D eigenvalue weighted by atomic mass is 32.2. The Balaban J connectivity index is 1.28. The second kappa shape index (κ2) is 9.18. The van der Waals surface area contributed by atoms with Gasteiger partial charge < -0.3 is 10.4 Å². The first kappa shape index (κ1) is 24.0. The second-order valence-corrected chi connectivity index (χ2v) is 12.4. The lowest BCUT2D eigenvalue weighted by atomic mass is 10.00. The van der Waals surface area contributed by atoms with Crippen LogP contribution in [0, 0.1) is 5.92 Å². The summed E-state index contributed by atoms with van der Waals surface area (Å²) in [6.07, 6.45) is 10.7. The summed E-state index contributed by atoms with van der Waals surface area (Å²) in [5.74, 6) is 2.20. The largest absolute Gasteiger partial charge is 0.396 e. The van der Waals surface area contributed by atoms with Gasteiger partial charge in [-0.2, -0.15) is 14.3 Å². The molecule has 0 amide bonds. The molecule has 0 bridgehead atoms. The van der Waals surface area contributed by atoms with Crippen molar-refractivity contribution in [3.63, 3.8) is 0 Å². The van der Waals surface area contributed by atoms with Crippen molar-refractivity contribution in [2.24, 2.45) is 5.92 Å². The molecule has 0 aliphatic heterocycles. The highest BCUT2D eigenvalue weighted by Gasteiger charge is 2.37. The zero-order valence-corrected chi connectivity index (χ0v) is 21.6. The first-order chi connectivity index (χ1) is 17.8. The molecule has 0 spiro atoms. The Morgan fingerprint density at radius 3 is 2.70 bits per heavy atom. The minimum absolute atomic E-state index is 0.177.